The first-order valence-electron chi connectivity index (χ1n) is 7.28. The summed E-state index contributed by atoms with van der Waals surface area (Å²) in [5, 5.41) is 0.363. The summed E-state index contributed by atoms with van der Waals surface area (Å²) in [5.41, 5.74) is 0.249. The smallest absolute Gasteiger partial charge is 0.352 e. The summed E-state index contributed by atoms with van der Waals surface area (Å²) in [6, 6.07) is 4.94. The lowest BCUT2D eigenvalue weighted by atomic mass is 10.1. The molecule has 1 aromatic carbocycles. The second kappa shape index (κ2) is 6.62. The third kappa shape index (κ3) is 3.00. The predicted molar refractivity (Wildman–Crippen MR) is 75.2 cm³/mol. The highest BCUT2D eigenvalue weighted by atomic mass is 19.3. The van der Waals surface area contributed by atoms with Gasteiger partial charge in [-0.1, -0.05) is 17.2 Å². The molecule has 24 heavy (non-hydrogen) atoms. The molecule has 0 saturated carbocycles. The lowest BCUT2D eigenvalue weighted by Gasteiger charge is -2.33. The fourth-order valence-corrected chi connectivity index (χ4v) is 2.65. The van der Waals surface area contributed by atoms with E-state index in [1.54, 1.807) is 12.1 Å². The standard InChI is InChI=1S/C15H14F2N2O5/c16-12(17)7-18-5-6-23-8-11(18)15(22)24-19-13(20)9-3-1-2-4-10(9)14(19)21/h1-4,11-12H,5-8H2. The van der Waals surface area contributed by atoms with Gasteiger partial charge in [0.15, 0.2) is 0 Å². The number of nitrogens with zero attached hydrogens (tertiary/aromatic N) is 2. The number of alkyl halides is 2. The molecule has 0 radical (unpaired) electrons. The van der Waals surface area contributed by atoms with E-state index in [2.05, 4.69) is 0 Å². The van der Waals surface area contributed by atoms with Crippen molar-refractivity contribution in [3.63, 3.8) is 0 Å². The Morgan fingerprint density at radius 3 is 2.46 bits per heavy atom. The number of carbonyl (C=O) groups excluding carboxylic acids is 3. The van der Waals surface area contributed by atoms with Gasteiger partial charge < -0.3 is 9.57 Å². The van der Waals surface area contributed by atoms with Crippen LogP contribution in [-0.4, -0.2) is 66.5 Å². The Bertz CT molecular complexity index is 647. The van der Waals surface area contributed by atoms with Crippen molar-refractivity contribution in [1.29, 1.82) is 0 Å². The van der Waals surface area contributed by atoms with Crippen LogP contribution < -0.4 is 0 Å². The molecule has 7 nitrogen and oxygen atoms in total. The van der Waals surface area contributed by atoms with E-state index in [4.69, 9.17) is 9.57 Å². The highest BCUT2D eigenvalue weighted by Gasteiger charge is 2.41. The predicted octanol–water partition coefficient (Wildman–Crippen LogP) is 0.707. The van der Waals surface area contributed by atoms with Crippen LogP contribution >= 0.6 is 0 Å². The Kier molecular flexibility index (Phi) is 4.54. The topological polar surface area (TPSA) is 76.1 Å². The van der Waals surface area contributed by atoms with Crippen LogP contribution in [0.5, 0.6) is 0 Å². The third-order valence-corrected chi connectivity index (χ3v) is 3.82. The summed E-state index contributed by atoms with van der Waals surface area (Å²) in [5.74, 6) is -2.51. The number of amides is 2. The van der Waals surface area contributed by atoms with Crippen molar-refractivity contribution in [2.24, 2.45) is 0 Å². The lowest BCUT2D eigenvalue weighted by Crippen LogP contribution is -2.53. The molecule has 0 N–H and O–H groups in total. The largest absolute Gasteiger partial charge is 0.378 e. The van der Waals surface area contributed by atoms with E-state index in [0.29, 0.717) is 5.06 Å². The Morgan fingerprint density at radius 2 is 1.88 bits per heavy atom. The van der Waals surface area contributed by atoms with Crippen molar-refractivity contribution in [2.75, 3.05) is 26.3 Å². The van der Waals surface area contributed by atoms with Crippen molar-refractivity contribution in [3.8, 4) is 0 Å². The number of morpholine rings is 1. The lowest BCUT2D eigenvalue weighted by molar-refractivity contribution is -0.181. The number of imide groups is 1. The van der Waals surface area contributed by atoms with Gasteiger partial charge in [-0.15, -0.1) is 0 Å². The number of carbonyl (C=O) groups is 3. The average molecular weight is 340 g/mol. The van der Waals surface area contributed by atoms with Gasteiger partial charge in [-0.25, -0.2) is 13.6 Å². The van der Waals surface area contributed by atoms with Crippen molar-refractivity contribution < 1.29 is 32.7 Å². The maximum atomic E-state index is 12.6. The van der Waals surface area contributed by atoms with Gasteiger partial charge >= 0.3 is 5.97 Å². The zero-order chi connectivity index (χ0) is 17.3. The summed E-state index contributed by atoms with van der Waals surface area (Å²) in [6.07, 6.45) is -2.63. The van der Waals surface area contributed by atoms with Crippen LogP contribution in [0.3, 0.4) is 0 Å². The summed E-state index contributed by atoms with van der Waals surface area (Å²) in [6.45, 7) is -0.421. The van der Waals surface area contributed by atoms with E-state index in [9.17, 15) is 23.2 Å². The number of fused-ring (bicyclic) bond motifs is 1. The van der Waals surface area contributed by atoms with E-state index >= 15 is 0 Å². The van der Waals surface area contributed by atoms with E-state index in [1.165, 1.54) is 17.0 Å². The molecule has 2 amide bonds. The highest BCUT2D eigenvalue weighted by Crippen LogP contribution is 2.23. The SMILES string of the molecule is O=C(ON1C(=O)c2ccccc2C1=O)C1COCCN1CC(F)F. The van der Waals surface area contributed by atoms with Crippen molar-refractivity contribution in [1.82, 2.24) is 9.96 Å². The molecule has 0 spiro atoms. The number of benzene rings is 1. The van der Waals surface area contributed by atoms with Gasteiger partial charge in [-0.05, 0) is 12.1 Å². The first-order valence-corrected chi connectivity index (χ1v) is 7.28. The van der Waals surface area contributed by atoms with Gasteiger partial charge in [0, 0.05) is 6.54 Å². The van der Waals surface area contributed by atoms with Crippen LogP contribution in [0.1, 0.15) is 20.7 Å². The van der Waals surface area contributed by atoms with Crippen LogP contribution in [0.25, 0.3) is 0 Å². The normalized spacial score (nSPS) is 21.3. The quantitative estimate of drug-likeness (QED) is 0.752. The van der Waals surface area contributed by atoms with E-state index in [1.807, 2.05) is 0 Å². The monoisotopic (exact) mass is 340 g/mol. The molecule has 0 aliphatic carbocycles. The van der Waals surface area contributed by atoms with Gasteiger partial charge in [0.1, 0.15) is 6.04 Å². The maximum Gasteiger partial charge on any atom is 0.352 e. The Labute approximate surface area is 135 Å². The second-order valence-corrected chi connectivity index (χ2v) is 5.34. The number of ether oxygens (including phenoxy) is 1. The number of hydrogen-bond donors (Lipinski definition) is 0. The van der Waals surface area contributed by atoms with E-state index in [-0.39, 0.29) is 30.9 Å². The first kappa shape index (κ1) is 16.5. The molecule has 128 valence electrons. The molecule has 2 aliphatic heterocycles. The Balaban J connectivity index is 1.73. The number of halogens is 2. The van der Waals surface area contributed by atoms with E-state index in [0.717, 1.165) is 0 Å². The molecule has 3 rings (SSSR count). The minimum atomic E-state index is -2.63. The summed E-state index contributed by atoms with van der Waals surface area (Å²) < 4.78 is 30.3. The first-order chi connectivity index (χ1) is 11.5. The Hall–Kier alpha value is -2.39. The summed E-state index contributed by atoms with van der Waals surface area (Å²) in [7, 11) is 0. The number of hydroxylamine groups is 2. The van der Waals surface area contributed by atoms with Crippen LogP contribution in [0.4, 0.5) is 8.78 Å². The fraction of sp³-hybridized carbons (Fsp3) is 0.400. The molecule has 1 aromatic rings. The van der Waals surface area contributed by atoms with Crippen LogP contribution in [-0.2, 0) is 14.4 Å². The van der Waals surface area contributed by atoms with Crippen LogP contribution in [0.15, 0.2) is 24.3 Å². The van der Waals surface area contributed by atoms with E-state index < -0.39 is 36.8 Å². The third-order valence-electron chi connectivity index (χ3n) is 3.82. The molecule has 0 aromatic heterocycles. The van der Waals surface area contributed by atoms with Crippen molar-refractivity contribution in [3.05, 3.63) is 35.4 Å². The average Bonchev–Trinajstić information content (AvgIpc) is 2.80. The Morgan fingerprint density at radius 1 is 1.25 bits per heavy atom. The molecular formula is C15H14F2N2O5. The van der Waals surface area contributed by atoms with Gasteiger partial charge in [0.25, 0.3) is 18.2 Å². The van der Waals surface area contributed by atoms with Gasteiger partial charge in [-0.3, -0.25) is 14.5 Å². The summed E-state index contributed by atoms with van der Waals surface area (Å²) in [4.78, 5) is 42.7. The zero-order valence-electron chi connectivity index (χ0n) is 12.5. The highest BCUT2D eigenvalue weighted by molar-refractivity contribution is 6.20. The molecule has 1 atom stereocenters. The maximum absolute atomic E-state index is 12.6. The molecule has 9 heteroatoms. The number of hydrogen-bond acceptors (Lipinski definition) is 6. The molecule has 2 heterocycles. The van der Waals surface area contributed by atoms with Gasteiger partial charge in [0.05, 0.1) is 30.9 Å². The van der Waals surface area contributed by atoms with Crippen molar-refractivity contribution in [2.45, 2.75) is 12.5 Å². The minimum absolute atomic E-state index is 0.125. The van der Waals surface area contributed by atoms with Crippen LogP contribution in [0.2, 0.25) is 0 Å². The van der Waals surface area contributed by atoms with Crippen LogP contribution in [0, 0.1) is 0 Å². The van der Waals surface area contributed by atoms with Crippen molar-refractivity contribution >= 4 is 17.8 Å². The molecule has 1 saturated heterocycles. The molecular weight excluding hydrogens is 326 g/mol. The molecule has 1 unspecified atom stereocenters. The second-order valence-electron chi connectivity index (χ2n) is 5.34. The fourth-order valence-electron chi connectivity index (χ4n) is 2.65. The van der Waals surface area contributed by atoms with Gasteiger partial charge in [-0.2, -0.15) is 0 Å². The molecule has 0 bridgehead atoms. The minimum Gasteiger partial charge on any atom is -0.378 e. The zero-order valence-corrected chi connectivity index (χ0v) is 12.5. The molecule has 2 aliphatic rings. The summed E-state index contributed by atoms with van der Waals surface area (Å²) >= 11 is 0. The molecule has 1 fully saturated rings. The number of rotatable bonds is 4. The van der Waals surface area contributed by atoms with Gasteiger partial charge in [0.2, 0.25) is 0 Å².